The standard InChI is InChI=1S/C69H92ClFN18O16S2/c70-40-15-18-43(71)38(30-40)31-49-64(101)81-45(11-5-26-78-69(75)76)60(97)77-27-24-55(92)80-46(19-21-54(73)91)61(98)83-50(32-39-33-79-44-10-4-3-9-42(39)44)65(102)82-47(20-22-57(94)95)62(99)86-51(59(74)96)34-106-107-35-52(66(103)88-58(68(105)85-49)37-7-1-2-8-37)87-63(100)48(29-36-13-16-41(90)17-14-36)84-67(104)53-12-6-28-89(53)56(93)23-25-72/h3-4,9-10,13-18,30,33,37,45-53,58,79,90H,1-2,5-8,11-12,19-29,31-32,34-35,72H2,(H2,73,91)(H2,74,96)(H,77,97)(H,80,92)(H,81,101)(H,82,102)(H,83,98)(H,84,104)(H,85,105)(H,86,99)(H,87,100)(H,88,103)(H,94,95)(H4,75,76,78)/t45-,46-,47-,48-,49-,50-,51+,52-,53-,58-/m0/s1. The van der Waals surface area contributed by atoms with E-state index in [2.05, 4.69) is 63.1 Å². The molecule has 13 amide bonds. The van der Waals surface area contributed by atoms with Crippen molar-refractivity contribution in [3.63, 3.8) is 0 Å². The Labute approximate surface area is 627 Å². The number of nitrogens with zero attached hydrogens (tertiary/aromatic N) is 2. The number of carboxylic acid groups (broad SMARTS) is 1. The minimum absolute atomic E-state index is 0.0000657. The number of primary amides is 2. The Balaban J connectivity index is 1.29. The van der Waals surface area contributed by atoms with Gasteiger partial charge in [-0.2, -0.15) is 0 Å². The monoisotopic (exact) mass is 1550 g/mol. The fourth-order valence-electron chi connectivity index (χ4n) is 12.5. The zero-order valence-corrected chi connectivity index (χ0v) is 60.9. The van der Waals surface area contributed by atoms with E-state index in [4.69, 9.17) is 40.3 Å². The molecule has 34 nitrogen and oxygen atoms in total. The van der Waals surface area contributed by atoms with E-state index in [-0.39, 0.29) is 80.5 Å². The van der Waals surface area contributed by atoms with Gasteiger partial charge in [-0.15, -0.1) is 0 Å². The Morgan fingerprint density at radius 3 is 1.98 bits per heavy atom. The molecule has 3 aliphatic rings. The molecule has 10 atom stereocenters. The highest BCUT2D eigenvalue weighted by molar-refractivity contribution is 8.76. The van der Waals surface area contributed by atoms with Gasteiger partial charge >= 0.3 is 5.97 Å². The minimum Gasteiger partial charge on any atom is -0.508 e. The van der Waals surface area contributed by atoms with Crippen LogP contribution in [0.1, 0.15) is 107 Å². The molecule has 0 unspecified atom stereocenters. The van der Waals surface area contributed by atoms with Gasteiger partial charge in [-0.25, -0.2) is 4.39 Å². The number of guanidine groups is 1. The number of H-pyrrole nitrogens is 1. The lowest BCUT2D eigenvalue weighted by Gasteiger charge is -2.30. The molecule has 3 fully saturated rings. The minimum atomic E-state index is -1.76. The van der Waals surface area contributed by atoms with Gasteiger partial charge in [-0.3, -0.25) is 72.1 Å². The molecule has 4 aromatic rings. The zero-order chi connectivity index (χ0) is 77.9. The van der Waals surface area contributed by atoms with Gasteiger partial charge in [0.15, 0.2) is 5.96 Å². The summed E-state index contributed by atoms with van der Waals surface area (Å²) in [5.41, 5.74) is 29.6. The van der Waals surface area contributed by atoms with Crippen LogP contribution in [0.25, 0.3) is 10.9 Å². The number of phenols is 1. The van der Waals surface area contributed by atoms with E-state index in [0.717, 1.165) is 27.7 Å². The zero-order valence-electron chi connectivity index (χ0n) is 58.5. The maximum atomic E-state index is 15.8. The molecule has 23 N–H and O–H groups in total. The first-order valence-electron chi connectivity index (χ1n) is 34.9. The van der Waals surface area contributed by atoms with Crippen molar-refractivity contribution in [1.82, 2.24) is 63.1 Å². The number of para-hydroxylation sites is 1. The molecule has 1 aromatic heterocycles. The van der Waals surface area contributed by atoms with Gasteiger partial charge < -0.3 is 102 Å². The SMILES string of the molecule is NCCC(=O)N1CCC[C@H]1C(=O)N[C@@H](Cc1ccc(O)cc1)C(=O)N[C@H]1CSSC[C@H](C(N)=O)NC(=O)[C@H](CCC(=O)O)NC(=O)[C@H](Cc2c[nH]c3ccccc23)NC(=O)[C@H](CCC(N)=O)NC(=O)CCNC(=O)[C@H](CCCN=C(N)N)NC(=O)[C@H](Cc2cc(Cl)ccc2F)NC(=O)[C@H](C2CCCC2)NC1=O. The number of amides is 13. The fourth-order valence-corrected chi connectivity index (χ4v) is 15.1. The summed E-state index contributed by atoms with van der Waals surface area (Å²) in [6.07, 6.45) is -0.108. The van der Waals surface area contributed by atoms with Crippen LogP contribution in [0.3, 0.4) is 0 Å². The number of fused-ring (bicyclic) bond motifs is 1. The average Bonchev–Trinajstić information content (AvgIpc) is 1.81. The van der Waals surface area contributed by atoms with Crippen LogP contribution in [0.5, 0.6) is 5.75 Å². The maximum Gasteiger partial charge on any atom is 0.303 e. The highest BCUT2D eigenvalue weighted by Gasteiger charge is 2.41. The Morgan fingerprint density at radius 1 is 0.682 bits per heavy atom. The molecule has 0 bridgehead atoms. The number of nitrogens with two attached hydrogens (primary N) is 5. The molecule has 107 heavy (non-hydrogen) atoms. The van der Waals surface area contributed by atoms with Crippen molar-refractivity contribution in [2.45, 2.75) is 170 Å². The summed E-state index contributed by atoms with van der Waals surface area (Å²) in [5, 5.41) is 46.8. The van der Waals surface area contributed by atoms with Gasteiger partial charge in [-0.05, 0) is 110 Å². The summed E-state index contributed by atoms with van der Waals surface area (Å²) in [4.78, 5) is 206. The van der Waals surface area contributed by atoms with Gasteiger partial charge in [0, 0.05) is 105 Å². The van der Waals surface area contributed by atoms with Crippen LogP contribution in [0, 0.1) is 11.7 Å². The van der Waals surface area contributed by atoms with E-state index in [1.807, 2.05) is 0 Å². The number of hydrogen-bond acceptors (Lipinski definition) is 19. The second-order valence-corrected chi connectivity index (χ2v) is 29.1. The number of halogens is 2. The molecule has 1 saturated carbocycles. The first-order valence-corrected chi connectivity index (χ1v) is 37.8. The van der Waals surface area contributed by atoms with Crippen LogP contribution in [0.4, 0.5) is 4.39 Å². The molecule has 0 radical (unpaired) electrons. The summed E-state index contributed by atoms with van der Waals surface area (Å²) in [6.45, 7) is -0.307. The number of likely N-dealkylation sites (tertiary alicyclic amines) is 1. The summed E-state index contributed by atoms with van der Waals surface area (Å²) < 4.78 is 15.8. The fraction of sp³-hybridized carbons (Fsp3) is 0.493. The number of phenolic OH excluding ortho intramolecular Hbond substituents is 1. The summed E-state index contributed by atoms with van der Waals surface area (Å²) in [7, 11) is 1.68. The Kier molecular flexibility index (Phi) is 32.6. The van der Waals surface area contributed by atoms with E-state index in [1.165, 1.54) is 41.3 Å². The second kappa shape index (κ2) is 41.6. The van der Waals surface area contributed by atoms with Gasteiger partial charge in [0.1, 0.15) is 72.0 Å². The number of aromatic hydroxyl groups is 1. The average molecular weight is 1550 g/mol. The third-order valence-electron chi connectivity index (χ3n) is 18.2. The number of rotatable bonds is 24. The maximum absolute atomic E-state index is 15.8. The van der Waals surface area contributed by atoms with E-state index in [1.54, 1.807) is 30.5 Å². The number of carbonyl (C=O) groups excluding carboxylic acids is 13. The Bertz CT molecular complexity index is 3900. The number of aromatic amines is 1. The van der Waals surface area contributed by atoms with Gasteiger partial charge in [0.25, 0.3) is 0 Å². The van der Waals surface area contributed by atoms with Crippen molar-refractivity contribution >= 4 is 133 Å². The van der Waals surface area contributed by atoms with Crippen LogP contribution < -0.4 is 81.8 Å². The van der Waals surface area contributed by atoms with E-state index in [0.29, 0.717) is 54.1 Å². The topological polar surface area (TPSA) is 561 Å². The number of benzene rings is 3. The Hall–Kier alpha value is -10.3. The van der Waals surface area contributed by atoms with E-state index >= 15 is 18.8 Å². The number of aliphatic imine (C=N–C) groups is 1. The molecule has 580 valence electrons. The van der Waals surface area contributed by atoms with E-state index < -0.39 is 211 Å². The first-order chi connectivity index (χ1) is 51.1. The first kappa shape index (κ1) is 84.0. The third-order valence-corrected chi connectivity index (χ3v) is 20.8. The summed E-state index contributed by atoms with van der Waals surface area (Å²) >= 11 is 6.35. The molecular weight excluding hydrogens is 1460 g/mol. The largest absolute Gasteiger partial charge is 0.508 e. The number of carbonyl (C=O) groups is 14. The highest BCUT2D eigenvalue weighted by Crippen LogP contribution is 2.30. The van der Waals surface area contributed by atoms with Crippen LogP contribution in [-0.4, -0.2) is 207 Å². The predicted molar refractivity (Wildman–Crippen MR) is 394 cm³/mol. The number of aliphatic carboxylic acids is 1. The predicted octanol–water partition coefficient (Wildman–Crippen LogP) is -1.84. The normalized spacial score (nSPS) is 22.8. The molecule has 2 saturated heterocycles. The molecule has 2 aliphatic heterocycles. The summed E-state index contributed by atoms with van der Waals surface area (Å²) in [6, 6.07) is 0.444. The lowest BCUT2D eigenvalue weighted by molar-refractivity contribution is -0.139. The van der Waals surface area contributed by atoms with Crippen molar-refractivity contribution in [2.75, 3.05) is 37.7 Å². The molecule has 3 aromatic carbocycles. The van der Waals surface area contributed by atoms with Gasteiger partial charge in [0.05, 0.1) is 0 Å². The van der Waals surface area contributed by atoms with Gasteiger partial charge in [0.2, 0.25) is 76.8 Å². The smallest absolute Gasteiger partial charge is 0.303 e. The second-order valence-electron chi connectivity index (χ2n) is 26.1. The van der Waals surface area contributed by atoms with Crippen molar-refractivity contribution in [3.05, 3.63) is 100 Å². The molecule has 3 heterocycles. The molecular formula is C69H92ClFN18O16S2. The molecule has 7 rings (SSSR count). The van der Waals surface area contributed by atoms with Crippen LogP contribution in [0.2, 0.25) is 5.02 Å². The van der Waals surface area contributed by atoms with Crippen molar-refractivity contribution in [1.29, 1.82) is 0 Å². The van der Waals surface area contributed by atoms with Crippen molar-refractivity contribution in [2.24, 2.45) is 39.6 Å². The van der Waals surface area contributed by atoms with Crippen LogP contribution >= 0.6 is 33.2 Å². The molecule has 0 spiro atoms. The third kappa shape index (κ3) is 26.3. The lowest BCUT2D eigenvalue weighted by Crippen LogP contribution is -2.61. The number of hydrogen-bond donors (Lipinski definition) is 18. The summed E-state index contributed by atoms with van der Waals surface area (Å²) in [5.74, 6) is -16.3. The van der Waals surface area contributed by atoms with Crippen LogP contribution in [0.15, 0.2) is 77.9 Å². The lowest BCUT2D eigenvalue weighted by atomic mass is 9.95. The van der Waals surface area contributed by atoms with Crippen LogP contribution in [-0.2, 0) is 86.4 Å². The van der Waals surface area contributed by atoms with Crippen molar-refractivity contribution in [3.8, 4) is 5.75 Å². The quantitative estimate of drug-likeness (QED) is 0.0159. The molecule has 1 aliphatic carbocycles. The number of nitrogens with one attached hydrogen (secondary N) is 11. The number of aromatic nitrogens is 1. The van der Waals surface area contributed by atoms with Gasteiger partial charge in [-0.1, -0.05) is 76.4 Å². The van der Waals surface area contributed by atoms with E-state index in [9.17, 15) is 63.0 Å². The van der Waals surface area contributed by atoms with Crippen molar-refractivity contribution < 1.29 is 81.7 Å². The highest BCUT2D eigenvalue weighted by atomic mass is 35.5. The number of carboxylic acids is 1. The molecule has 38 heteroatoms. The Morgan fingerprint density at radius 2 is 1.31 bits per heavy atom.